The van der Waals surface area contributed by atoms with Crippen molar-refractivity contribution in [1.82, 2.24) is 24.8 Å². The SMILES string of the molecule is C#Cc1c(F)ccc2cc(O)cc(-c3ncc4c(N5C[C@H]6C[C@H](C)[C@@H](C5)N6C(=O)C=C)nc(OCC56CCCN5CCC6)nc4c3F)c12. The molecule has 2 aromatic carbocycles. The quantitative estimate of drug-likeness (QED) is 0.218. The van der Waals surface area contributed by atoms with Crippen molar-refractivity contribution in [1.29, 1.82) is 0 Å². The first-order valence-electron chi connectivity index (χ1n) is 16.6. The number of phenols is 1. The summed E-state index contributed by atoms with van der Waals surface area (Å²) in [5.74, 6) is 1.48. The molecule has 0 unspecified atom stereocenters. The van der Waals surface area contributed by atoms with Crippen molar-refractivity contribution in [2.24, 2.45) is 5.92 Å². The first-order chi connectivity index (χ1) is 23.2. The number of terminal acetylenes is 1. The summed E-state index contributed by atoms with van der Waals surface area (Å²) in [5.41, 5.74) is -0.124. The summed E-state index contributed by atoms with van der Waals surface area (Å²) in [6.07, 6.45) is 13.7. The first-order valence-corrected chi connectivity index (χ1v) is 16.6. The van der Waals surface area contributed by atoms with Gasteiger partial charge in [0.15, 0.2) is 5.82 Å². The molecule has 0 spiro atoms. The molecule has 48 heavy (non-hydrogen) atoms. The molecule has 4 aliphatic heterocycles. The van der Waals surface area contributed by atoms with Crippen LogP contribution >= 0.6 is 0 Å². The van der Waals surface area contributed by atoms with Gasteiger partial charge in [-0.2, -0.15) is 9.97 Å². The molecule has 4 saturated heterocycles. The molecule has 4 aromatic rings. The lowest BCUT2D eigenvalue weighted by Gasteiger charge is -2.42. The van der Waals surface area contributed by atoms with Crippen LogP contribution in [0.3, 0.4) is 0 Å². The molecule has 9 nitrogen and oxygen atoms in total. The van der Waals surface area contributed by atoms with Crippen molar-refractivity contribution in [3.8, 4) is 35.4 Å². The van der Waals surface area contributed by atoms with Gasteiger partial charge in [0.1, 0.15) is 35.2 Å². The molecular weight excluding hydrogens is 614 g/mol. The zero-order valence-electron chi connectivity index (χ0n) is 26.8. The number of hydrogen-bond donors (Lipinski definition) is 1. The lowest BCUT2D eigenvalue weighted by molar-refractivity contribution is -0.129. The number of phenolic OH excluding ortho intramolecular Hbond substituents is 1. The van der Waals surface area contributed by atoms with Crippen LogP contribution in [-0.4, -0.2) is 86.2 Å². The van der Waals surface area contributed by atoms with Gasteiger partial charge in [0.05, 0.1) is 28.6 Å². The highest BCUT2D eigenvalue weighted by Crippen LogP contribution is 2.42. The number of nitrogens with zero attached hydrogens (tertiary/aromatic N) is 6. The molecule has 2 aromatic heterocycles. The number of carbonyl (C=O) groups is 1. The van der Waals surface area contributed by atoms with Gasteiger partial charge in [-0.05, 0) is 80.8 Å². The average molecular weight is 651 g/mol. The third-order valence-electron chi connectivity index (χ3n) is 11.0. The molecule has 3 atom stereocenters. The molecule has 11 heteroatoms. The highest BCUT2D eigenvalue weighted by molar-refractivity contribution is 6.03. The Kier molecular flexibility index (Phi) is 7.25. The van der Waals surface area contributed by atoms with Crippen molar-refractivity contribution in [3.63, 3.8) is 0 Å². The van der Waals surface area contributed by atoms with Crippen molar-refractivity contribution in [2.75, 3.05) is 37.7 Å². The number of halogens is 2. The molecule has 4 fully saturated rings. The second-order valence-corrected chi connectivity index (χ2v) is 13.7. The Morgan fingerprint density at radius 2 is 2.00 bits per heavy atom. The van der Waals surface area contributed by atoms with Gasteiger partial charge in [-0.25, -0.2) is 8.78 Å². The predicted octanol–water partition coefficient (Wildman–Crippen LogP) is 5.43. The van der Waals surface area contributed by atoms with Crippen molar-refractivity contribution in [2.45, 2.75) is 56.7 Å². The Hall–Kier alpha value is -4.82. The number of benzene rings is 2. The number of carbonyl (C=O) groups excluding carboxylic acids is 1. The smallest absolute Gasteiger partial charge is 0.319 e. The topological polar surface area (TPSA) is 94.9 Å². The molecule has 0 aliphatic carbocycles. The van der Waals surface area contributed by atoms with Crippen LogP contribution < -0.4 is 9.64 Å². The molecule has 0 saturated carbocycles. The number of ether oxygens (including phenoxy) is 1. The van der Waals surface area contributed by atoms with Gasteiger partial charge in [0.2, 0.25) is 5.91 Å². The second kappa shape index (κ2) is 11.4. The molecule has 8 rings (SSSR count). The number of pyridine rings is 1. The molecule has 6 heterocycles. The Morgan fingerprint density at radius 1 is 1.21 bits per heavy atom. The molecular formula is C37H36F2N6O3. The van der Waals surface area contributed by atoms with Gasteiger partial charge in [-0.3, -0.25) is 14.7 Å². The zero-order chi connectivity index (χ0) is 33.3. The molecule has 2 bridgehead atoms. The van der Waals surface area contributed by atoms with E-state index < -0.39 is 11.6 Å². The monoisotopic (exact) mass is 650 g/mol. The van der Waals surface area contributed by atoms with Gasteiger partial charge in [0, 0.05) is 30.2 Å². The third-order valence-corrected chi connectivity index (χ3v) is 11.0. The third kappa shape index (κ3) is 4.68. The summed E-state index contributed by atoms with van der Waals surface area (Å²) in [6, 6.07) is 5.42. The van der Waals surface area contributed by atoms with Gasteiger partial charge in [-0.15, -0.1) is 6.42 Å². The fourth-order valence-corrected chi connectivity index (χ4v) is 8.78. The van der Waals surface area contributed by atoms with Crippen LogP contribution in [0.15, 0.2) is 43.1 Å². The molecule has 246 valence electrons. The van der Waals surface area contributed by atoms with E-state index in [4.69, 9.17) is 16.1 Å². The molecule has 1 N–H and O–H groups in total. The lowest BCUT2D eigenvalue weighted by atomic mass is 9.95. The van der Waals surface area contributed by atoms with E-state index in [9.17, 15) is 14.3 Å². The van der Waals surface area contributed by atoms with E-state index in [1.807, 2.05) is 4.90 Å². The fraction of sp³-hybridized carbons (Fsp3) is 0.405. The van der Waals surface area contributed by atoms with E-state index in [-0.39, 0.29) is 68.9 Å². The van der Waals surface area contributed by atoms with Gasteiger partial charge in [-0.1, -0.05) is 25.5 Å². The minimum atomic E-state index is -0.765. The molecule has 0 radical (unpaired) electrons. The van der Waals surface area contributed by atoms with E-state index >= 15 is 4.39 Å². The van der Waals surface area contributed by atoms with Crippen LogP contribution in [0.25, 0.3) is 32.9 Å². The number of aromatic nitrogens is 3. The van der Waals surface area contributed by atoms with Crippen molar-refractivity contribution in [3.05, 3.63) is 60.3 Å². The fourth-order valence-electron chi connectivity index (χ4n) is 8.78. The number of aromatic hydroxyl groups is 1. The number of rotatable bonds is 6. The number of piperazine rings is 1. The van der Waals surface area contributed by atoms with Crippen LogP contribution in [-0.2, 0) is 4.79 Å². The standard InChI is InChI=1S/C37H36F2N6O3/c1-4-25-28(38)9-8-22-15-24(46)16-26(31(22)25)33-32(39)34-27(17-40-33)35(43-18-23-14-21(3)29(19-43)45(23)30(47)5-2)42-36(41-34)48-20-37-10-6-12-44(37)13-7-11-37/h1,5,8-9,15-17,21,23,29,46H,2,6-7,10-14,18-20H2,3H3/t21-,23+,29+/m0/s1. The molecule has 1 amide bonds. The van der Waals surface area contributed by atoms with Crippen LogP contribution in [0.1, 0.15) is 44.6 Å². The lowest BCUT2D eigenvalue weighted by Crippen LogP contribution is -2.56. The first kappa shape index (κ1) is 30.5. The van der Waals surface area contributed by atoms with Crippen molar-refractivity contribution < 1.29 is 23.4 Å². The number of hydrogen-bond acceptors (Lipinski definition) is 8. The van der Waals surface area contributed by atoms with E-state index in [0.29, 0.717) is 36.3 Å². The largest absolute Gasteiger partial charge is 0.508 e. The minimum absolute atomic E-state index is 0.00709. The van der Waals surface area contributed by atoms with Gasteiger partial charge in [0.25, 0.3) is 0 Å². The second-order valence-electron chi connectivity index (χ2n) is 13.7. The van der Waals surface area contributed by atoms with E-state index in [2.05, 4.69) is 39.2 Å². The summed E-state index contributed by atoms with van der Waals surface area (Å²) in [7, 11) is 0. The van der Waals surface area contributed by atoms with Crippen LogP contribution in [0, 0.1) is 29.9 Å². The zero-order valence-corrected chi connectivity index (χ0v) is 26.8. The summed E-state index contributed by atoms with van der Waals surface area (Å²) in [6.45, 7) is 9.28. The maximum atomic E-state index is 16.9. The van der Waals surface area contributed by atoms with Crippen LogP contribution in [0.4, 0.5) is 14.6 Å². The Balaban J connectivity index is 1.27. The Bertz CT molecular complexity index is 2040. The number of anilines is 1. The highest BCUT2D eigenvalue weighted by atomic mass is 19.1. The van der Waals surface area contributed by atoms with Gasteiger partial charge >= 0.3 is 6.01 Å². The highest BCUT2D eigenvalue weighted by Gasteiger charge is 2.47. The normalized spacial score (nSPS) is 23.1. The summed E-state index contributed by atoms with van der Waals surface area (Å²) in [4.78, 5) is 33.3. The number of amides is 1. The summed E-state index contributed by atoms with van der Waals surface area (Å²) >= 11 is 0. The summed E-state index contributed by atoms with van der Waals surface area (Å²) < 4.78 is 38.2. The average Bonchev–Trinajstić information content (AvgIpc) is 3.72. The van der Waals surface area contributed by atoms with E-state index in [1.165, 1.54) is 36.5 Å². The van der Waals surface area contributed by atoms with Crippen LogP contribution in [0.2, 0.25) is 0 Å². The molecule has 4 aliphatic rings. The number of fused-ring (bicyclic) bond motifs is 5. The summed E-state index contributed by atoms with van der Waals surface area (Å²) in [5, 5.41) is 11.7. The van der Waals surface area contributed by atoms with Crippen LogP contribution in [0.5, 0.6) is 11.8 Å². The van der Waals surface area contributed by atoms with Crippen molar-refractivity contribution >= 4 is 33.4 Å². The Labute approximate surface area is 277 Å². The maximum absolute atomic E-state index is 16.9. The predicted molar refractivity (Wildman–Crippen MR) is 179 cm³/mol. The Morgan fingerprint density at radius 3 is 2.73 bits per heavy atom. The minimum Gasteiger partial charge on any atom is -0.508 e. The van der Waals surface area contributed by atoms with E-state index in [1.54, 1.807) is 0 Å². The van der Waals surface area contributed by atoms with E-state index in [0.717, 1.165) is 45.2 Å². The maximum Gasteiger partial charge on any atom is 0.319 e. The van der Waals surface area contributed by atoms with Gasteiger partial charge < -0.3 is 19.6 Å².